The predicted molar refractivity (Wildman–Crippen MR) is 167 cm³/mol. The molecule has 2 fully saturated rings. The van der Waals surface area contributed by atoms with Gasteiger partial charge in [-0.2, -0.15) is 0 Å². The number of benzene rings is 3. The highest BCUT2D eigenvalue weighted by atomic mass is 17.0. The number of anilines is 2. The number of carbonyl (C=O) groups is 1. The number of likely N-dealkylation sites (tertiary alicyclic amines) is 1. The average molecular weight is 588 g/mol. The van der Waals surface area contributed by atoms with Gasteiger partial charge in [-0.1, -0.05) is 29.8 Å². The molecule has 10 nitrogen and oxygen atoms in total. The summed E-state index contributed by atoms with van der Waals surface area (Å²) in [5.41, 5.74) is 5.21. The van der Waals surface area contributed by atoms with Gasteiger partial charge in [0.05, 0.1) is 0 Å². The van der Waals surface area contributed by atoms with Gasteiger partial charge in [-0.25, -0.2) is 0 Å². The largest absolute Gasteiger partial charge is 0.489 e. The lowest BCUT2D eigenvalue weighted by atomic mass is 10.0. The number of piperazine rings is 1. The number of hydrogen-bond acceptors (Lipinski definition) is 8. The third-order valence-corrected chi connectivity index (χ3v) is 8.31. The summed E-state index contributed by atoms with van der Waals surface area (Å²) in [6.45, 7) is 10.4. The average Bonchev–Trinajstić information content (AvgIpc) is 3.02. The zero-order valence-electron chi connectivity index (χ0n) is 25.0. The topological polar surface area (TPSA) is 100 Å². The molecule has 3 aromatic rings. The van der Waals surface area contributed by atoms with Crippen molar-refractivity contribution in [2.24, 2.45) is 0 Å². The van der Waals surface area contributed by atoms with E-state index in [0.717, 1.165) is 75.7 Å². The van der Waals surface area contributed by atoms with E-state index in [1.165, 1.54) is 11.3 Å². The fourth-order valence-corrected chi connectivity index (χ4v) is 5.68. The molecule has 0 atom stereocenters. The standard InChI is InChI=1S/C33H41N5O5/c1-25-3-5-27(6-4-25)24-42-31-10-8-30(9-11-31)36-21-19-35(20-22-36)16-15-33(39)37-17-13-28(14-18-37)34-29-7-12-32(26(2)23-29)43-38(40)41/h3-12,23,28,34H,13-22,24H2,1-2H3. The van der Waals surface area contributed by atoms with E-state index in [-0.39, 0.29) is 17.7 Å². The Balaban J connectivity index is 0.983. The van der Waals surface area contributed by atoms with Crippen LogP contribution in [0.2, 0.25) is 0 Å². The molecule has 0 saturated carbocycles. The molecule has 2 saturated heterocycles. The van der Waals surface area contributed by atoms with Crippen LogP contribution in [-0.4, -0.2) is 72.6 Å². The van der Waals surface area contributed by atoms with Crippen LogP contribution in [0.25, 0.3) is 0 Å². The molecule has 0 bridgehead atoms. The third kappa shape index (κ3) is 8.61. The number of nitrogens with zero attached hydrogens (tertiary/aromatic N) is 4. The quantitative estimate of drug-likeness (QED) is 0.245. The van der Waals surface area contributed by atoms with Gasteiger partial charge in [-0.15, -0.1) is 10.1 Å². The summed E-state index contributed by atoms with van der Waals surface area (Å²) in [5, 5.41) is 13.3. The molecular weight excluding hydrogens is 546 g/mol. The number of amides is 1. The molecule has 1 N–H and O–H groups in total. The zero-order chi connectivity index (χ0) is 30.2. The first kappa shape index (κ1) is 30.2. The summed E-state index contributed by atoms with van der Waals surface area (Å²) in [7, 11) is 0. The van der Waals surface area contributed by atoms with Crippen LogP contribution in [0.15, 0.2) is 66.7 Å². The molecule has 0 unspecified atom stereocenters. The molecule has 2 heterocycles. The van der Waals surface area contributed by atoms with E-state index in [0.29, 0.717) is 18.6 Å². The summed E-state index contributed by atoms with van der Waals surface area (Å²) in [4.78, 5) is 34.9. The second-order valence-electron chi connectivity index (χ2n) is 11.4. The first-order valence-electron chi connectivity index (χ1n) is 15.1. The smallest absolute Gasteiger partial charge is 0.299 e. The van der Waals surface area contributed by atoms with Crippen molar-refractivity contribution >= 4 is 17.3 Å². The van der Waals surface area contributed by atoms with Crippen molar-refractivity contribution in [1.29, 1.82) is 0 Å². The van der Waals surface area contributed by atoms with Gasteiger partial charge in [-0.05, 0) is 80.3 Å². The third-order valence-electron chi connectivity index (χ3n) is 8.31. The lowest BCUT2D eigenvalue weighted by Gasteiger charge is -2.37. The van der Waals surface area contributed by atoms with Crippen LogP contribution in [0.5, 0.6) is 11.5 Å². The second-order valence-corrected chi connectivity index (χ2v) is 11.4. The summed E-state index contributed by atoms with van der Waals surface area (Å²) < 4.78 is 5.96. The number of hydrogen-bond donors (Lipinski definition) is 1. The summed E-state index contributed by atoms with van der Waals surface area (Å²) >= 11 is 0. The number of ether oxygens (including phenoxy) is 1. The van der Waals surface area contributed by atoms with Crippen molar-refractivity contribution in [2.45, 2.75) is 45.8 Å². The van der Waals surface area contributed by atoms with Gasteiger partial charge < -0.3 is 19.9 Å². The highest BCUT2D eigenvalue weighted by molar-refractivity contribution is 5.76. The van der Waals surface area contributed by atoms with Gasteiger partial charge in [0, 0.05) is 69.7 Å². The molecule has 10 heteroatoms. The Morgan fingerprint density at radius 1 is 0.930 bits per heavy atom. The monoisotopic (exact) mass is 587 g/mol. The first-order chi connectivity index (χ1) is 20.8. The molecule has 0 aromatic heterocycles. The number of nitrogens with one attached hydrogen (secondary N) is 1. The normalized spacial score (nSPS) is 16.1. The minimum absolute atomic E-state index is 0.222. The van der Waals surface area contributed by atoms with E-state index in [1.807, 2.05) is 23.1 Å². The fourth-order valence-electron chi connectivity index (χ4n) is 5.68. The van der Waals surface area contributed by atoms with E-state index >= 15 is 0 Å². The number of piperidine rings is 1. The fraction of sp³-hybridized carbons (Fsp3) is 0.424. The van der Waals surface area contributed by atoms with E-state index < -0.39 is 5.09 Å². The van der Waals surface area contributed by atoms with Crippen LogP contribution in [0.4, 0.5) is 11.4 Å². The molecule has 43 heavy (non-hydrogen) atoms. The van der Waals surface area contributed by atoms with Crippen LogP contribution in [0, 0.1) is 24.0 Å². The van der Waals surface area contributed by atoms with Crippen LogP contribution in [0.3, 0.4) is 0 Å². The van der Waals surface area contributed by atoms with Gasteiger partial charge in [0.1, 0.15) is 18.1 Å². The molecule has 2 aliphatic rings. The van der Waals surface area contributed by atoms with Crippen molar-refractivity contribution in [2.75, 3.05) is 56.0 Å². The molecule has 5 rings (SSSR count). The Labute approximate surface area is 253 Å². The Morgan fingerprint density at radius 2 is 1.63 bits per heavy atom. The van der Waals surface area contributed by atoms with Crippen LogP contribution in [-0.2, 0) is 11.4 Å². The number of rotatable bonds is 11. The van der Waals surface area contributed by atoms with Gasteiger partial charge in [0.2, 0.25) is 5.91 Å². The van der Waals surface area contributed by atoms with Gasteiger partial charge in [-0.3, -0.25) is 14.5 Å². The van der Waals surface area contributed by atoms with E-state index in [9.17, 15) is 14.9 Å². The Bertz CT molecular complexity index is 1370. The molecule has 0 spiro atoms. The summed E-state index contributed by atoms with van der Waals surface area (Å²) in [6, 6.07) is 22.3. The van der Waals surface area contributed by atoms with Crippen molar-refractivity contribution in [3.63, 3.8) is 0 Å². The minimum atomic E-state index is -0.799. The number of carbonyl (C=O) groups excluding carboxylic acids is 1. The Morgan fingerprint density at radius 3 is 2.28 bits per heavy atom. The summed E-state index contributed by atoms with van der Waals surface area (Å²) in [5.74, 6) is 1.33. The highest BCUT2D eigenvalue weighted by Crippen LogP contribution is 2.25. The van der Waals surface area contributed by atoms with Crippen molar-refractivity contribution in [1.82, 2.24) is 9.80 Å². The maximum Gasteiger partial charge on any atom is 0.299 e. The Kier molecular flexibility index (Phi) is 9.99. The Hall–Kier alpha value is -4.31. The van der Waals surface area contributed by atoms with Crippen molar-refractivity contribution in [3.8, 4) is 11.5 Å². The van der Waals surface area contributed by atoms with E-state index in [2.05, 4.69) is 63.3 Å². The lowest BCUT2D eigenvalue weighted by molar-refractivity contribution is -0.711. The van der Waals surface area contributed by atoms with Gasteiger partial charge >= 0.3 is 0 Å². The summed E-state index contributed by atoms with van der Waals surface area (Å²) in [6.07, 6.45) is 2.28. The minimum Gasteiger partial charge on any atom is -0.489 e. The number of aryl methyl sites for hydroxylation is 2. The van der Waals surface area contributed by atoms with Gasteiger partial charge in [0.25, 0.3) is 5.09 Å². The van der Waals surface area contributed by atoms with Crippen LogP contribution in [0.1, 0.15) is 36.0 Å². The molecule has 228 valence electrons. The van der Waals surface area contributed by atoms with Crippen LogP contribution < -0.4 is 19.8 Å². The first-order valence-corrected chi connectivity index (χ1v) is 15.1. The maximum absolute atomic E-state index is 12.9. The predicted octanol–water partition coefficient (Wildman–Crippen LogP) is 5.07. The van der Waals surface area contributed by atoms with Gasteiger partial charge in [0.15, 0.2) is 0 Å². The highest BCUT2D eigenvalue weighted by Gasteiger charge is 2.24. The lowest BCUT2D eigenvalue weighted by Crippen LogP contribution is -2.48. The van der Waals surface area contributed by atoms with E-state index in [1.54, 1.807) is 19.1 Å². The van der Waals surface area contributed by atoms with E-state index in [4.69, 9.17) is 4.74 Å². The molecule has 2 aliphatic heterocycles. The second kappa shape index (κ2) is 14.2. The van der Waals surface area contributed by atoms with Crippen molar-refractivity contribution < 1.29 is 19.5 Å². The molecule has 3 aromatic carbocycles. The van der Waals surface area contributed by atoms with Crippen LogP contribution >= 0.6 is 0 Å². The SMILES string of the molecule is Cc1ccc(COc2ccc(N3CCN(CCC(=O)N4CCC(Nc5ccc(O[N+](=O)[O-])c(C)c5)CC4)CC3)cc2)cc1. The van der Waals surface area contributed by atoms with Crippen molar-refractivity contribution in [3.05, 3.63) is 93.5 Å². The molecule has 0 aliphatic carbocycles. The maximum atomic E-state index is 12.9. The zero-order valence-corrected chi connectivity index (χ0v) is 25.0. The molecule has 0 radical (unpaired) electrons. The molecule has 1 amide bonds. The molecular formula is C33H41N5O5.